The minimum atomic E-state index is -4.55. The second-order valence-electron chi connectivity index (χ2n) is 6.55. The van der Waals surface area contributed by atoms with Crippen LogP contribution in [-0.2, 0) is 20.8 Å². The van der Waals surface area contributed by atoms with Gasteiger partial charge in [0, 0.05) is 13.2 Å². The molecule has 142 valence electrons. The molecule has 1 N–H and O–H groups in total. The second kappa shape index (κ2) is 8.05. The molecule has 0 aliphatic carbocycles. The molecule has 0 saturated carbocycles. The summed E-state index contributed by atoms with van der Waals surface area (Å²) in [6, 6.07) is 3.91. The van der Waals surface area contributed by atoms with Gasteiger partial charge in [-0.15, -0.1) is 0 Å². The molecule has 0 atom stereocenters. The van der Waals surface area contributed by atoms with Crippen molar-refractivity contribution < 1.29 is 26.3 Å². The van der Waals surface area contributed by atoms with Crippen LogP contribution in [0.15, 0.2) is 29.2 Å². The molecular formula is C17H24F3NO3S. The summed E-state index contributed by atoms with van der Waals surface area (Å²) >= 11 is 0. The molecule has 0 bridgehead atoms. The largest absolute Gasteiger partial charge is 0.416 e. The third-order valence-electron chi connectivity index (χ3n) is 4.63. The summed E-state index contributed by atoms with van der Waals surface area (Å²) in [5, 5.41) is 3.22. The maximum Gasteiger partial charge on any atom is 0.416 e. The Balaban J connectivity index is 0.000000386. The van der Waals surface area contributed by atoms with Gasteiger partial charge in [-0.3, -0.25) is 0 Å². The molecule has 2 aliphatic rings. The average Bonchev–Trinajstić information content (AvgIpc) is 3.14. The van der Waals surface area contributed by atoms with Gasteiger partial charge in [0.15, 0.2) is 9.84 Å². The quantitative estimate of drug-likeness (QED) is 0.856. The molecule has 25 heavy (non-hydrogen) atoms. The molecule has 0 radical (unpaired) electrons. The number of sulfone groups is 1. The fraction of sp³-hybridized carbons (Fsp3) is 0.647. The lowest BCUT2D eigenvalue weighted by Crippen LogP contribution is -2.41. The maximum atomic E-state index is 12.7. The van der Waals surface area contributed by atoms with Gasteiger partial charge >= 0.3 is 6.18 Å². The smallest absolute Gasteiger partial charge is 0.381 e. The van der Waals surface area contributed by atoms with E-state index in [0.717, 1.165) is 12.1 Å². The highest BCUT2D eigenvalue weighted by Gasteiger charge is 2.42. The van der Waals surface area contributed by atoms with E-state index >= 15 is 0 Å². The van der Waals surface area contributed by atoms with Crippen LogP contribution in [0.2, 0.25) is 0 Å². The SMILES string of the molecule is C1CCNC1.CC1(S(=O)(=O)c2cccc(C(F)(F)F)c2)CCOCC1. The van der Waals surface area contributed by atoms with Gasteiger partial charge in [0.25, 0.3) is 0 Å². The summed E-state index contributed by atoms with van der Waals surface area (Å²) in [6.07, 6.45) is -1.21. The summed E-state index contributed by atoms with van der Waals surface area (Å²) in [5.41, 5.74) is -0.950. The van der Waals surface area contributed by atoms with Crippen LogP contribution in [0.3, 0.4) is 0 Å². The van der Waals surface area contributed by atoms with Crippen molar-refractivity contribution in [2.75, 3.05) is 26.3 Å². The van der Waals surface area contributed by atoms with Gasteiger partial charge in [-0.05, 0) is 63.9 Å². The zero-order valence-electron chi connectivity index (χ0n) is 14.2. The Morgan fingerprint density at radius 1 is 1.12 bits per heavy atom. The minimum Gasteiger partial charge on any atom is -0.381 e. The molecule has 0 spiro atoms. The molecule has 4 nitrogen and oxygen atoms in total. The van der Waals surface area contributed by atoms with Crippen LogP contribution in [0.1, 0.15) is 38.2 Å². The normalized spacial score (nSPS) is 20.6. The highest BCUT2D eigenvalue weighted by atomic mass is 32.2. The first-order chi connectivity index (χ1) is 11.7. The number of hydrogen-bond acceptors (Lipinski definition) is 4. The van der Waals surface area contributed by atoms with Gasteiger partial charge in [-0.2, -0.15) is 13.2 Å². The van der Waals surface area contributed by atoms with Gasteiger partial charge in [0.05, 0.1) is 15.2 Å². The standard InChI is InChI=1S/C13H15F3O3S.C4H9N/c1-12(5-7-19-8-6-12)20(17,18)11-4-2-3-10(9-11)13(14,15)16;1-2-4-5-3-1/h2-4,9H,5-8H2,1H3;5H,1-4H2. The molecular weight excluding hydrogens is 355 g/mol. The summed E-state index contributed by atoms with van der Waals surface area (Å²) in [4.78, 5) is -0.281. The van der Waals surface area contributed by atoms with Crippen molar-refractivity contribution >= 4 is 9.84 Å². The number of hydrogen-bond donors (Lipinski definition) is 1. The molecule has 0 aromatic heterocycles. The van der Waals surface area contributed by atoms with Crippen molar-refractivity contribution in [2.45, 2.75) is 48.4 Å². The van der Waals surface area contributed by atoms with Gasteiger partial charge in [-0.25, -0.2) is 8.42 Å². The van der Waals surface area contributed by atoms with E-state index in [1.807, 2.05) is 0 Å². The monoisotopic (exact) mass is 379 g/mol. The second-order valence-corrected chi connectivity index (χ2v) is 9.01. The lowest BCUT2D eigenvalue weighted by atomic mass is 10.0. The van der Waals surface area contributed by atoms with E-state index in [4.69, 9.17) is 4.74 Å². The number of nitrogens with one attached hydrogen (secondary N) is 1. The molecule has 2 heterocycles. The zero-order valence-corrected chi connectivity index (χ0v) is 15.0. The summed E-state index contributed by atoms with van der Waals surface area (Å²) in [6.45, 7) is 4.66. The molecule has 0 unspecified atom stereocenters. The van der Waals surface area contributed by atoms with Crippen molar-refractivity contribution in [3.63, 3.8) is 0 Å². The molecule has 0 amide bonds. The molecule has 1 aromatic rings. The van der Waals surface area contributed by atoms with Crippen LogP contribution in [0.5, 0.6) is 0 Å². The Kier molecular flexibility index (Phi) is 6.51. The predicted octanol–water partition coefficient (Wildman–Crippen LogP) is 3.42. The zero-order chi connectivity index (χ0) is 18.6. The Bertz CT molecular complexity index is 656. The first-order valence-corrected chi connectivity index (χ1v) is 9.85. The van der Waals surface area contributed by atoms with Crippen LogP contribution in [-0.4, -0.2) is 39.5 Å². The lowest BCUT2D eigenvalue weighted by molar-refractivity contribution is -0.137. The van der Waals surface area contributed by atoms with E-state index in [9.17, 15) is 21.6 Å². The molecule has 1 aromatic carbocycles. The van der Waals surface area contributed by atoms with Crippen molar-refractivity contribution in [1.82, 2.24) is 5.32 Å². The van der Waals surface area contributed by atoms with E-state index < -0.39 is 26.3 Å². The number of ether oxygens (including phenoxy) is 1. The average molecular weight is 379 g/mol. The first-order valence-electron chi connectivity index (χ1n) is 8.37. The van der Waals surface area contributed by atoms with Gasteiger partial charge in [-0.1, -0.05) is 6.07 Å². The van der Waals surface area contributed by atoms with E-state index in [1.165, 1.54) is 32.0 Å². The Labute approximate surface area is 146 Å². The van der Waals surface area contributed by atoms with Gasteiger partial charge in [0.2, 0.25) is 0 Å². The van der Waals surface area contributed by atoms with Crippen molar-refractivity contribution in [2.24, 2.45) is 0 Å². The third kappa shape index (κ3) is 4.95. The van der Waals surface area contributed by atoms with E-state index in [-0.39, 0.29) is 17.7 Å². The Morgan fingerprint density at radius 3 is 2.20 bits per heavy atom. The number of benzene rings is 1. The third-order valence-corrected chi connectivity index (χ3v) is 7.21. The van der Waals surface area contributed by atoms with Gasteiger partial charge in [0.1, 0.15) is 0 Å². The summed E-state index contributed by atoms with van der Waals surface area (Å²) < 4.78 is 67.2. The highest BCUT2D eigenvalue weighted by molar-refractivity contribution is 7.92. The van der Waals surface area contributed by atoms with Crippen LogP contribution in [0.25, 0.3) is 0 Å². The maximum absolute atomic E-state index is 12.7. The van der Waals surface area contributed by atoms with Crippen LogP contribution in [0.4, 0.5) is 13.2 Å². The number of halogens is 3. The Hall–Kier alpha value is -1.12. The fourth-order valence-electron chi connectivity index (χ4n) is 2.82. The van der Waals surface area contributed by atoms with Crippen LogP contribution < -0.4 is 5.32 Å². The highest BCUT2D eigenvalue weighted by Crippen LogP contribution is 2.36. The van der Waals surface area contributed by atoms with Crippen molar-refractivity contribution in [1.29, 1.82) is 0 Å². The molecule has 2 aliphatic heterocycles. The van der Waals surface area contributed by atoms with E-state index in [0.29, 0.717) is 19.3 Å². The molecule has 2 fully saturated rings. The fourth-order valence-corrected chi connectivity index (χ4v) is 4.63. The van der Waals surface area contributed by atoms with Crippen LogP contribution in [0, 0.1) is 0 Å². The minimum absolute atomic E-state index is 0.281. The molecule has 8 heteroatoms. The van der Waals surface area contributed by atoms with Gasteiger partial charge < -0.3 is 10.1 Å². The first kappa shape index (κ1) is 20.2. The topological polar surface area (TPSA) is 55.4 Å². The number of rotatable bonds is 2. The van der Waals surface area contributed by atoms with Crippen molar-refractivity contribution in [3.8, 4) is 0 Å². The Morgan fingerprint density at radius 2 is 1.72 bits per heavy atom. The summed E-state index contributed by atoms with van der Waals surface area (Å²) in [5.74, 6) is 0. The molecule has 3 rings (SSSR count). The summed E-state index contributed by atoms with van der Waals surface area (Å²) in [7, 11) is -3.82. The van der Waals surface area contributed by atoms with E-state index in [2.05, 4.69) is 5.32 Å². The predicted molar refractivity (Wildman–Crippen MR) is 89.2 cm³/mol. The van der Waals surface area contributed by atoms with E-state index in [1.54, 1.807) is 6.92 Å². The molecule has 2 saturated heterocycles. The van der Waals surface area contributed by atoms with Crippen molar-refractivity contribution in [3.05, 3.63) is 29.8 Å². The lowest BCUT2D eigenvalue weighted by Gasteiger charge is -2.33. The van der Waals surface area contributed by atoms with Crippen LogP contribution >= 0.6 is 0 Å². The number of alkyl halides is 3.